The van der Waals surface area contributed by atoms with E-state index in [1.807, 2.05) is 0 Å². The fraction of sp³-hybridized carbons (Fsp3) is 0.148. The van der Waals surface area contributed by atoms with Crippen LogP contribution in [0.1, 0.15) is 35.8 Å². The number of hydrogen-bond donors (Lipinski definition) is 0. The molecular weight excluding hydrogens is 595 g/mol. The maximum Gasteiger partial charge on any atom is 0.335 e. The van der Waals surface area contributed by atoms with Crippen molar-refractivity contribution in [3.63, 3.8) is 0 Å². The van der Waals surface area contributed by atoms with Crippen molar-refractivity contribution in [2.75, 3.05) is 0 Å². The predicted molar refractivity (Wildman–Crippen MR) is 143 cm³/mol. The fourth-order valence-corrected chi connectivity index (χ4v) is 4.78. The molecule has 0 bridgehead atoms. The zero-order valence-corrected chi connectivity index (χ0v) is 22.4. The van der Waals surface area contributed by atoms with Crippen molar-refractivity contribution in [3.8, 4) is 28.1 Å². The molecular formula is C27H18ClF5N10. The highest BCUT2D eigenvalue weighted by Gasteiger charge is 2.23. The molecule has 4 heterocycles. The van der Waals surface area contributed by atoms with E-state index in [4.69, 9.17) is 11.6 Å². The SMILES string of the molecule is Fc1c(Cl)ccc(-n2cnnn2)c1-c1ccc([C@@H](Cc2ccc(C(F)F)cc2)n2cc(-c3cnnn3C(F)F)cn2)nc1. The van der Waals surface area contributed by atoms with E-state index in [9.17, 15) is 17.6 Å². The molecule has 0 aliphatic heterocycles. The van der Waals surface area contributed by atoms with E-state index in [1.54, 1.807) is 30.3 Å². The van der Waals surface area contributed by atoms with Gasteiger partial charge in [-0.3, -0.25) is 9.67 Å². The Morgan fingerprint density at radius 3 is 2.33 bits per heavy atom. The van der Waals surface area contributed by atoms with Crippen LogP contribution in [0.4, 0.5) is 22.0 Å². The van der Waals surface area contributed by atoms with Crippen molar-refractivity contribution in [2.45, 2.75) is 25.4 Å². The van der Waals surface area contributed by atoms with Crippen LogP contribution in [-0.2, 0) is 6.42 Å². The molecule has 2 aromatic carbocycles. The monoisotopic (exact) mass is 612 g/mol. The van der Waals surface area contributed by atoms with Gasteiger partial charge in [-0.1, -0.05) is 47.1 Å². The van der Waals surface area contributed by atoms with Crippen LogP contribution in [0, 0.1) is 5.82 Å². The summed E-state index contributed by atoms with van der Waals surface area (Å²) in [5.74, 6) is -0.694. The Morgan fingerprint density at radius 1 is 0.837 bits per heavy atom. The summed E-state index contributed by atoms with van der Waals surface area (Å²) < 4.78 is 71.7. The van der Waals surface area contributed by atoms with Gasteiger partial charge in [0, 0.05) is 41.1 Å². The number of rotatable bonds is 9. The molecule has 0 radical (unpaired) electrons. The third kappa shape index (κ3) is 5.58. The lowest BCUT2D eigenvalue weighted by Crippen LogP contribution is -2.16. The maximum atomic E-state index is 15.3. The number of pyridine rings is 1. The van der Waals surface area contributed by atoms with Crippen LogP contribution >= 0.6 is 11.6 Å². The summed E-state index contributed by atoms with van der Waals surface area (Å²) in [7, 11) is 0. The summed E-state index contributed by atoms with van der Waals surface area (Å²) in [6, 6.07) is 11.4. The van der Waals surface area contributed by atoms with Crippen LogP contribution in [0.25, 0.3) is 28.1 Å². The lowest BCUT2D eigenvalue weighted by molar-refractivity contribution is 0.0565. The van der Waals surface area contributed by atoms with Crippen LogP contribution in [0.5, 0.6) is 0 Å². The molecule has 0 saturated carbocycles. The Bertz CT molecular complexity index is 1840. The first-order valence-corrected chi connectivity index (χ1v) is 13.0. The Labute approximate surface area is 244 Å². The summed E-state index contributed by atoms with van der Waals surface area (Å²) in [4.78, 5) is 4.58. The molecule has 0 unspecified atom stereocenters. The van der Waals surface area contributed by atoms with E-state index >= 15 is 4.39 Å². The normalized spacial score (nSPS) is 12.4. The first kappa shape index (κ1) is 28.1. The first-order valence-electron chi connectivity index (χ1n) is 12.6. The largest absolute Gasteiger partial charge is 0.335 e. The molecule has 0 spiro atoms. The van der Waals surface area contributed by atoms with E-state index in [0.717, 1.165) is 0 Å². The predicted octanol–water partition coefficient (Wildman–Crippen LogP) is 6.14. The van der Waals surface area contributed by atoms with Gasteiger partial charge in [0.25, 0.3) is 6.43 Å². The minimum absolute atomic E-state index is 0.0520. The van der Waals surface area contributed by atoms with Crippen molar-refractivity contribution in [3.05, 3.63) is 107 Å². The van der Waals surface area contributed by atoms with Crippen LogP contribution in [0.15, 0.2) is 79.6 Å². The zero-order chi connectivity index (χ0) is 30.1. The highest BCUT2D eigenvalue weighted by molar-refractivity contribution is 6.31. The second-order valence-electron chi connectivity index (χ2n) is 9.29. The van der Waals surface area contributed by atoms with Gasteiger partial charge in [0.15, 0.2) is 5.82 Å². The summed E-state index contributed by atoms with van der Waals surface area (Å²) in [6.45, 7) is -2.91. The second-order valence-corrected chi connectivity index (χ2v) is 9.70. The Hall–Kier alpha value is -5.05. The number of benzene rings is 2. The number of aromatic nitrogens is 10. The van der Waals surface area contributed by atoms with E-state index < -0.39 is 24.8 Å². The van der Waals surface area contributed by atoms with E-state index in [0.29, 0.717) is 32.8 Å². The molecule has 10 nitrogen and oxygen atoms in total. The molecule has 218 valence electrons. The molecule has 43 heavy (non-hydrogen) atoms. The minimum Gasteiger partial charge on any atom is -0.263 e. The van der Waals surface area contributed by atoms with Gasteiger partial charge in [-0.05, 0) is 34.2 Å². The maximum absolute atomic E-state index is 15.3. The average Bonchev–Trinajstić information content (AvgIpc) is 3.80. The third-order valence-corrected chi connectivity index (χ3v) is 7.01. The number of tetrazole rings is 1. The van der Waals surface area contributed by atoms with Crippen LogP contribution in [0.3, 0.4) is 0 Å². The van der Waals surface area contributed by atoms with Crippen molar-refractivity contribution >= 4 is 11.6 Å². The quantitative estimate of drug-likeness (QED) is 0.181. The average molecular weight is 613 g/mol. The van der Waals surface area contributed by atoms with E-state index in [1.165, 1.54) is 58.7 Å². The topological polar surface area (TPSA) is 105 Å². The van der Waals surface area contributed by atoms with Crippen LogP contribution < -0.4 is 0 Å². The summed E-state index contributed by atoms with van der Waals surface area (Å²) >= 11 is 6.08. The fourth-order valence-electron chi connectivity index (χ4n) is 4.62. The van der Waals surface area contributed by atoms with Crippen LogP contribution in [0.2, 0.25) is 5.02 Å². The Morgan fingerprint density at radius 2 is 1.65 bits per heavy atom. The minimum atomic E-state index is -2.91. The number of halogens is 6. The standard InChI is InChI=1S/C27H18ClF5N10/c28-19-6-8-21(42-14-36-38-40-42)24(25(19)29)17-5-7-20(34-10-17)22(9-15-1-3-16(4-2-15)26(30)31)41-13-18(11-37-41)23-12-35-39-43(23)27(32)33/h1-8,10-14,22,26-27H,9H2/t22-/m1/s1. The van der Waals surface area contributed by atoms with Gasteiger partial charge in [-0.25, -0.2) is 13.2 Å². The van der Waals surface area contributed by atoms with Crippen molar-refractivity contribution in [2.24, 2.45) is 0 Å². The smallest absolute Gasteiger partial charge is 0.263 e. The molecule has 4 aromatic heterocycles. The van der Waals surface area contributed by atoms with E-state index in [2.05, 4.69) is 35.9 Å². The molecule has 0 N–H and O–H groups in total. The van der Waals surface area contributed by atoms with Gasteiger partial charge in [0.05, 0.1) is 40.5 Å². The van der Waals surface area contributed by atoms with Crippen LogP contribution in [-0.4, -0.2) is 50.0 Å². The molecule has 0 fully saturated rings. The number of alkyl halides is 4. The highest BCUT2D eigenvalue weighted by Crippen LogP contribution is 2.34. The zero-order valence-electron chi connectivity index (χ0n) is 21.7. The Kier molecular flexibility index (Phi) is 7.63. The van der Waals surface area contributed by atoms with Gasteiger partial charge in [0.2, 0.25) is 0 Å². The molecule has 1 atom stereocenters. The molecule has 0 aliphatic carbocycles. The molecule has 6 rings (SSSR count). The lowest BCUT2D eigenvalue weighted by Gasteiger charge is -2.19. The first-order chi connectivity index (χ1) is 20.8. The number of nitrogens with zero attached hydrogens (tertiary/aromatic N) is 10. The van der Waals surface area contributed by atoms with Gasteiger partial charge in [-0.15, -0.1) is 10.2 Å². The summed E-state index contributed by atoms with van der Waals surface area (Å²) in [5, 5.41) is 22.3. The third-order valence-electron chi connectivity index (χ3n) is 6.72. The molecule has 0 saturated heterocycles. The van der Waals surface area contributed by atoms with Gasteiger partial charge in [0.1, 0.15) is 6.33 Å². The lowest BCUT2D eigenvalue weighted by atomic mass is 9.99. The van der Waals surface area contributed by atoms with Gasteiger partial charge < -0.3 is 0 Å². The molecule has 6 aromatic rings. The van der Waals surface area contributed by atoms with Crippen molar-refractivity contribution < 1.29 is 22.0 Å². The van der Waals surface area contributed by atoms with Crippen molar-refractivity contribution in [1.29, 1.82) is 0 Å². The summed E-state index contributed by atoms with van der Waals surface area (Å²) in [6.07, 6.45) is 4.52. The Balaban J connectivity index is 1.39. The van der Waals surface area contributed by atoms with E-state index in [-0.39, 0.29) is 28.3 Å². The van der Waals surface area contributed by atoms with Crippen molar-refractivity contribution in [1.82, 2.24) is 50.0 Å². The summed E-state index contributed by atoms with van der Waals surface area (Å²) in [5.41, 5.74) is 2.25. The van der Waals surface area contributed by atoms with Gasteiger partial charge >= 0.3 is 6.55 Å². The second kappa shape index (κ2) is 11.7. The highest BCUT2D eigenvalue weighted by atomic mass is 35.5. The number of hydrogen-bond acceptors (Lipinski definition) is 7. The molecule has 0 aliphatic rings. The van der Waals surface area contributed by atoms with Gasteiger partial charge in [-0.2, -0.15) is 23.2 Å². The molecule has 0 amide bonds. The molecule has 16 heteroatoms.